The third-order valence-corrected chi connectivity index (χ3v) is 1.38. The van der Waals surface area contributed by atoms with Gasteiger partial charge in [0.25, 0.3) is 0 Å². The van der Waals surface area contributed by atoms with E-state index in [9.17, 15) is 0 Å². The van der Waals surface area contributed by atoms with Crippen LogP contribution < -0.4 is 10.2 Å². The maximum absolute atomic E-state index is 5.64. The molecule has 0 aliphatic rings. The van der Waals surface area contributed by atoms with E-state index in [4.69, 9.17) is 12.6 Å². The fourth-order valence-electron chi connectivity index (χ4n) is 0.824. The number of para-hydroxylation sites is 1. The molecule has 0 aromatic heterocycles. The molecule has 0 fully saturated rings. The molecule has 0 bridgehead atoms. The second-order valence-electron chi connectivity index (χ2n) is 2.39. The fraction of sp³-hybridized carbons (Fsp3) is 0.333. The summed E-state index contributed by atoms with van der Waals surface area (Å²) in [4.78, 5) is 0. The van der Waals surface area contributed by atoms with E-state index in [1.54, 1.807) is 0 Å². The van der Waals surface area contributed by atoms with Crippen LogP contribution in [0.4, 0.5) is 0 Å². The first-order valence-corrected chi connectivity index (χ1v) is 3.82. The minimum absolute atomic E-state index is 0.709. The zero-order valence-corrected chi connectivity index (χ0v) is 6.71. The van der Waals surface area contributed by atoms with E-state index >= 15 is 0 Å². The van der Waals surface area contributed by atoms with E-state index in [2.05, 4.69) is 6.92 Å². The van der Waals surface area contributed by atoms with E-state index in [0.717, 1.165) is 18.8 Å². The van der Waals surface area contributed by atoms with Crippen molar-refractivity contribution in [2.45, 2.75) is 13.3 Å². The lowest BCUT2D eigenvalue weighted by Crippen LogP contribution is -2.08. The Hall–Kier alpha value is -0.915. The molecular formula is C9H11BO. The normalized spacial score (nSPS) is 9.55. The Labute approximate surface area is 68.8 Å². The highest BCUT2D eigenvalue weighted by molar-refractivity contribution is 6.34. The van der Waals surface area contributed by atoms with Gasteiger partial charge in [0.1, 0.15) is 13.6 Å². The van der Waals surface area contributed by atoms with Gasteiger partial charge < -0.3 is 4.74 Å². The van der Waals surface area contributed by atoms with Crippen molar-refractivity contribution in [1.82, 2.24) is 0 Å². The van der Waals surface area contributed by atoms with Crippen molar-refractivity contribution >= 4 is 13.3 Å². The van der Waals surface area contributed by atoms with Crippen LogP contribution in [0.2, 0.25) is 0 Å². The minimum atomic E-state index is 0.709. The van der Waals surface area contributed by atoms with Crippen molar-refractivity contribution in [3.63, 3.8) is 0 Å². The van der Waals surface area contributed by atoms with Crippen molar-refractivity contribution < 1.29 is 4.74 Å². The maximum Gasteiger partial charge on any atom is 0.119 e. The first kappa shape index (κ1) is 8.18. The van der Waals surface area contributed by atoms with Crippen LogP contribution in [0.25, 0.3) is 0 Å². The number of benzene rings is 1. The lowest BCUT2D eigenvalue weighted by molar-refractivity contribution is 0.320. The highest BCUT2D eigenvalue weighted by Gasteiger charge is 1.93. The summed E-state index contributed by atoms with van der Waals surface area (Å²) in [6, 6.07) is 7.53. The summed E-state index contributed by atoms with van der Waals surface area (Å²) >= 11 is 0. The largest absolute Gasteiger partial charge is 0.494 e. The predicted molar refractivity (Wildman–Crippen MR) is 47.6 cm³/mol. The molecule has 0 spiro atoms. The Morgan fingerprint density at radius 1 is 1.36 bits per heavy atom. The molecule has 2 heteroatoms. The molecule has 0 amide bonds. The molecule has 1 rings (SSSR count). The maximum atomic E-state index is 5.64. The molecule has 1 aromatic rings. The van der Waals surface area contributed by atoms with Crippen LogP contribution in [0.15, 0.2) is 24.3 Å². The summed E-state index contributed by atoms with van der Waals surface area (Å²) in [5.74, 6) is 0.786. The van der Waals surface area contributed by atoms with Crippen molar-refractivity contribution in [1.29, 1.82) is 0 Å². The van der Waals surface area contributed by atoms with Gasteiger partial charge in [-0.15, -0.1) is 0 Å². The van der Waals surface area contributed by atoms with Crippen LogP contribution in [-0.2, 0) is 0 Å². The van der Waals surface area contributed by atoms with Gasteiger partial charge in [-0.2, -0.15) is 0 Å². The third kappa shape index (κ3) is 2.30. The summed E-state index contributed by atoms with van der Waals surface area (Å²) in [6.07, 6.45) is 1.01. The minimum Gasteiger partial charge on any atom is -0.494 e. The average Bonchev–Trinajstić information content (AvgIpc) is 2.03. The summed E-state index contributed by atoms with van der Waals surface area (Å²) in [5.41, 5.74) is 0.709. The van der Waals surface area contributed by atoms with Crippen LogP contribution >= 0.6 is 0 Å². The van der Waals surface area contributed by atoms with Crippen molar-refractivity contribution in [3.05, 3.63) is 24.3 Å². The number of hydrogen-bond donors (Lipinski definition) is 0. The molecule has 0 unspecified atom stereocenters. The topological polar surface area (TPSA) is 9.23 Å². The monoisotopic (exact) mass is 146 g/mol. The van der Waals surface area contributed by atoms with Crippen LogP contribution in [0, 0.1) is 0 Å². The molecule has 1 aromatic carbocycles. The molecule has 0 aliphatic heterocycles. The van der Waals surface area contributed by atoms with Crippen molar-refractivity contribution in [3.8, 4) is 5.75 Å². The van der Waals surface area contributed by atoms with Gasteiger partial charge in [-0.05, 0) is 12.5 Å². The Morgan fingerprint density at radius 2 is 2.09 bits per heavy atom. The molecule has 1 nitrogen and oxygen atoms in total. The Bertz CT molecular complexity index is 223. The van der Waals surface area contributed by atoms with Gasteiger partial charge in [-0.1, -0.05) is 30.6 Å². The standard InChI is InChI=1S/C9H11BO/c1-2-7-11-9-6-4-3-5-8(9)10/h3-6H,2,7H2,1H3. The van der Waals surface area contributed by atoms with E-state index in [1.807, 2.05) is 24.3 Å². The van der Waals surface area contributed by atoms with Gasteiger partial charge in [0, 0.05) is 0 Å². The molecule has 0 saturated carbocycles. The lowest BCUT2D eigenvalue weighted by atomic mass is 9.95. The Balaban J connectivity index is 2.62. The Morgan fingerprint density at radius 3 is 2.73 bits per heavy atom. The smallest absolute Gasteiger partial charge is 0.119 e. The first-order chi connectivity index (χ1) is 5.34. The van der Waals surface area contributed by atoms with Crippen LogP contribution in [-0.4, -0.2) is 14.5 Å². The van der Waals surface area contributed by atoms with Gasteiger partial charge in [0.2, 0.25) is 0 Å². The molecule has 0 N–H and O–H groups in total. The molecule has 11 heavy (non-hydrogen) atoms. The highest BCUT2D eigenvalue weighted by atomic mass is 16.5. The molecular weight excluding hydrogens is 135 g/mol. The van der Waals surface area contributed by atoms with Gasteiger partial charge in [-0.3, -0.25) is 0 Å². The lowest BCUT2D eigenvalue weighted by Gasteiger charge is -2.06. The van der Waals surface area contributed by atoms with E-state index in [0.29, 0.717) is 5.46 Å². The summed E-state index contributed by atoms with van der Waals surface area (Å²) < 4.78 is 5.36. The summed E-state index contributed by atoms with van der Waals surface area (Å²) in [7, 11) is 5.64. The Kier molecular flexibility index (Phi) is 3.03. The van der Waals surface area contributed by atoms with Crippen molar-refractivity contribution in [2.24, 2.45) is 0 Å². The van der Waals surface area contributed by atoms with Crippen LogP contribution in [0.5, 0.6) is 5.75 Å². The molecule has 0 saturated heterocycles. The number of hydrogen-bond acceptors (Lipinski definition) is 1. The first-order valence-electron chi connectivity index (χ1n) is 3.82. The van der Waals surface area contributed by atoms with E-state index in [-0.39, 0.29) is 0 Å². The third-order valence-electron chi connectivity index (χ3n) is 1.38. The van der Waals surface area contributed by atoms with E-state index in [1.165, 1.54) is 0 Å². The quantitative estimate of drug-likeness (QED) is 0.583. The van der Waals surface area contributed by atoms with Crippen LogP contribution in [0.1, 0.15) is 13.3 Å². The van der Waals surface area contributed by atoms with E-state index < -0.39 is 0 Å². The molecule has 2 radical (unpaired) electrons. The summed E-state index contributed by atoms with van der Waals surface area (Å²) in [6.45, 7) is 2.80. The summed E-state index contributed by atoms with van der Waals surface area (Å²) in [5, 5.41) is 0. The number of rotatable bonds is 3. The fourth-order valence-corrected chi connectivity index (χ4v) is 0.824. The van der Waals surface area contributed by atoms with Gasteiger partial charge >= 0.3 is 0 Å². The van der Waals surface area contributed by atoms with Gasteiger partial charge in [0.15, 0.2) is 0 Å². The van der Waals surface area contributed by atoms with Gasteiger partial charge in [0.05, 0.1) is 6.61 Å². The molecule has 0 aliphatic carbocycles. The second-order valence-corrected chi connectivity index (χ2v) is 2.39. The highest BCUT2D eigenvalue weighted by Crippen LogP contribution is 2.04. The van der Waals surface area contributed by atoms with Crippen LogP contribution in [0.3, 0.4) is 0 Å². The molecule has 0 atom stereocenters. The van der Waals surface area contributed by atoms with Gasteiger partial charge in [-0.25, -0.2) is 0 Å². The zero-order chi connectivity index (χ0) is 8.10. The predicted octanol–water partition coefficient (Wildman–Crippen LogP) is 1.27. The SMILES string of the molecule is [B]c1ccccc1OCCC. The number of ether oxygens (including phenoxy) is 1. The average molecular weight is 146 g/mol. The second kappa shape index (κ2) is 4.07. The molecule has 0 heterocycles. The zero-order valence-electron chi connectivity index (χ0n) is 6.71. The van der Waals surface area contributed by atoms with Crippen molar-refractivity contribution in [2.75, 3.05) is 6.61 Å². The molecule has 56 valence electrons.